The zero-order valence-corrected chi connectivity index (χ0v) is 14.1. The second-order valence-electron chi connectivity index (χ2n) is 6.53. The van der Waals surface area contributed by atoms with E-state index in [0.29, 0.717) is 23.3 Å². The van der Waals surface area contributed by atoms with Crippen LogP contribution in [0.25, 0.3) is 0 Å². The third kappa shape index (κ3) is 7.72. The minimum atomic E-state index is 0.345. The Bertz CT molecular complexity index is 473. The molecule has 0 saturated carbocycles. The van der Waals surface area contributed by atoms with Crippen molar-refractivity contribution in [1.82, 2.24) is 0 Å². The highest BCUT2D eigenvalue weighted by Crippen LogP contribution is 2.13. The van der Waals surface area contributed by atoms with Gasteiger partial charge in [-0.1, -0.05) is 52.0 Å². The number of rotatable bonds is 4. The van der Waals surface area contributed by atoms with Crippen LogP contribution in [0.2, 0.25) is 0 Å². The number of benzene rings is 2. The topological polar surface area (TPSA) is 40.5 Å². The van der Waals surface area contributed by atoms with Crippen LogP contribution in [0.5, 0.6) is 11.5 Å². The monoisotopic (exact) mass is 300 g/mol. The normalized spacial score (nSPS) is 10.5. The molecule has 2 aromatic carbocycles. The number of hydrogen-bond acceptors (Lipinski definition) is 2. The van der Waals surface area contributed by atoms with Crippen LogP contribution in [0.4, 0.5) is 0 Å². The molecule has 22 heavy (non-hydrogen) atoms. The number of aromatic hydroxyl groups is 2. The van der Waals surface area contributed by atoms with E-state index < -0.39 is 0 Å². The van der Waals surface area contributed by atoms with Gasteiger partial charge in [0.05, 0.1) is 0 Å². The van der Waals surface area contributed by atoms with E-state index in [4.69, 9.17) is 10.2 Å². The van der Waals surface area contributed by atoms with E-state index in [2.05, 4.69) is 27.7 Å². The van der Waals surface area contributed by atoms with Crippen LogP contribution in [0.3, 0.4) is 0 Å². The van der Waals surface area contributed by atoms with Gasteiger partial charge in [-0.15, -0.1) is 0 Å². The van der Waals surface area contributed by atoms with Crippen molar-refractivity contribution < 1.29 is 10.2 Å². The van der Waals surface area contributed by atoms with Crippen molar-refractivity contribution in [1.29, 1.82) is 0 Å². The van der Waals surface area contributed by atoms with Gasteiger partial charge in [-0.25, -0.2) is 0 Å². The summed E-state index contributed by atoms with van der Waals surface area (Å²) in [5.74, 6) is 2.05. The SMILES string of the molecule is CC(C)Cc1ccc(O)cc1.CC(C)Cc1ccc(O)cc1. The summed E-state index contributed by atoms with van der Waals surface area (Å²) in [6.45, 7) is 8.75. The Balaban J connectivity index is 0.000000220. The van der Waals surface area contributed by atoms with Crippen molar-refractivity contribution in [2.45, 2.75) is 40.5 Å². The fourth-order valence-electron chi connectivity index (χ4n) is 2.21. The second kappa shape index (κ2) is 9.14. The second-order valence-corrected chi connectivity index (χ2v) is 6.53. The first kappa shape index (κ1) is 18.1. The predicted octanol–water partition coefficient (Wildman–Crippen LogP) is 5.18. The Labute approximate surface area is 134 Å². The zero-order valence-electron chi connectivity index (χ0n) is 14.1. The molecule has 0 bridgehead atoms. The van der Waals surface area contributed by atoms with Gasteiger partial charge < -0.3 is 10.2 Å². The molecule has 0 spiro atoms. The molecule has 0 aromatic heterocycles. The third-order valence-electron chi connectivity index (χ3n) is 3.16. The van der Waals surface area contributed by atoms with Crippen molar-refractivity contribution in [3.63, 3.8) is 0 Å². The van der Waals surface area contributed by atoms with E-state index in [-0.39, 0.29) is 0 Å². The van der Waals surface area contributed by atoms with Gasteiger partial charge in [0.2, 0.25) is 0 Å². The summed E-state index contributed by atoms with van der Waals surface area (Å²) in [6.07, 6.45) is 2.17. The van der Waals surface area contributed by atoms with Gasteiger partial charge in [0.25, 0.3) is 0 Å². The average molecular weight is 300 g/mol. The van der Waals surface area contributed by atoms with E-state index in [0.717, 1.165) is 12.8 Å². The van der Waals surface area contributed by atoms with Crippen LogP contribution in [0.15, 0.2) is 48.5 Å². The highest BCUT2D eigenvalue weighted by molar-refractivity contribution is 5.26. The molecule has 120 valence electrons. The van der Waals surface area contributed by atoms with Crippen molar-refractivity contribution in [2.75, 3.05) is 0 Å². The first-order valence-corrected chi connectivity index (χ1v) is 7.92. The summed E-state index contributed by atoms with van der Waals surface area (Å²) in [4.78, 5) is 0. The van der Waals surface area contributed by atoms with E-state index >= 15 is 0 Å². The molecule has 0 amide bonds. The molecule has 0 aliphatic heterocycles. The Morgan fingerprint density at radius 3 is 1.09 bits per heavy atom. The molecule has 0 unspecified atom stereocenters. The molecule has 0 radical (unpaired) electrons. The molecule has 0 atom stereocenters. The minimum Gasteiger partial charge on any atom is -0.508 e. The molecule has 2 nitrogen and oxygen atoms in total. The smallest absolute Gasteiger partial charge is 0.115 e. The molecule has 0 fully saturated rings. The van der Waals surface area contributed by atoms with Crippen LogP contribution in [-0.2, 0) is 12.8 Å². The van der Waals surface area contributed by atoms with Gasteiger partial charge in [0.15, 0.2) is 0 Å². The van der Waals surface area contributed by atoms with Gasteiger partial charge in [0.1, 0.15) is 11.5 Å². The summed E-state index contributed by atoms with van der Waals surface area (Å²) in [5.41, 5.74) is 2.58. The fraction of sp³-hybridized carbons (Fsp3) is 0.400. The predicted molar refractivity (Wildman–Crippen MR) is 93.3 cm³/mol. The zero-order chi connectivity index (χ0) is 16.5. The standard InChI is InChI=1S/2C10H14O/c2*1-8(2)7-9-3-5-10(11)6-4-9/h2*3-6,8,11H,7H2,1-2H3. The fourth-order valence-corrected chi connectivity index (χ4v) is 2.21. The maximum absolute atomic E-state index is 8.99. The van der Waals surface area contributed by atoms with Gasteiger partial charge in [0, 0.05) is 0 Å². The molecule has 2 rings (SSSR count). The van der Waals surface area contributed by atoms with Gasteiger partial charge >= 0.3 is 0 Å². The third-order valence-corrected chi connectivity index (χ3v) is 3.16. The lowest BCUT2D eigenvalue weighted by molar-refractivity contribution is 0.474. The van der Waals surface area contributed by atoms with E-state index in [1.165, 1.54) is 11.1 Å². The Kier molecular flexibility index (Phi) is 7.51. The Morgan fingerprint density at radius 1 is 0.591 bits per heavy atom. The molecule has 0 aliphatic carbocycles. The van der Waals surface area contributed by atoms with Crippen LogP contribution in [0, 0.1) is 11.8 Å². The van der Waals surface area contributed by atoms with Crippen LogP contribution in [-0.4, -0.2) is 10.2 Å². The largest absolute Gasteiger partial charge is 0.508 e. The number of phenolic OH excluding ortho intramolecular Hbond substituents is 2. The van der Waals surface area contributed by atoms with Gasteiger partial charge in [-0.2, -0.15) is 0 Å². The van der Waals surface area contributed by atoms with Crippen LogP contribution in [0.1, 0.15) is 38.8 Å². The summed E-state index contributed by atoms with van der Waals surface area (Å²) < 4.78 is 0. The van der Waals surface area contributed by atoms with Crippen molar-refractivity contribution in [3.05, 3.63) is 59.7 Å². The van der Waals surface area contributed by atoms with Crippen molar-refractivity contribution >= 4 is 0 Å². The van der Waals surface area contributed by atoms with E-state index in [9.17, 15) is 0 Å². The van der Waals surface area contributed by atoms with Crippen molar-refractivity contribution in [3.8, 4) is 11.5 Å². The Morgan fingerprint density at radius 2 is 0.864 bits per heavy atom. The molecule has 0 heterocycles. The first-order chi connectivity index (χ1) is 10.4. The number of hydrogen-bond donors (Lipinski definition) is 2. The maximum Gasteiger partial charge on any atom is 0.115 e. The number of phenols is 2. The minimum absolute atomic E-state index is 0.345. The summed E-state index contributed by atoms with van der Waals surface area (Å²) >= 11 is 0. The summed E-state index contributed by atoms with van der Waals surface area (Å²) in [5, 5.41) is 18.0. The molecule has 2 aromatic rings. The summed E-state index contributed by atoms with van der Waals surface area (Å²) in [6, 6.07) is 14.8. The lowest BCUT2D eigenvalue weighted by atomic mass is 10.0. The average Bonchev–Trinajstić information content (AvgIpc) is 2.44. The molecular weight excluding hydrogens is 272 g/mol. The van der Waals surface area contributed by atoms with Crippen LogP contribution < -0.4 is 0 Å². The van der Waals surface area contributed by atoms with Crippen molar-refractivity contribution in [2.24, 2.45) is 11.8 Å². The van der Waals surface area contributed by atoms with E-state index in [1.807, 2.05) is 24.3 Å². The van der Waals surface area contributed by atoms with Gasteiger partial charge in [-0.3, -0.25) is 0 Å². The van der Waals surface area contributed by atoms with Gasteiger partial charge in [-0.05, 0) is 60.1 Å². The maximum atomic E-state index is 8.99. The molecule has 2 N–H and O–H groups in total. The first-order valence-electron chi connectivity index (χ1n) is 7.92. The highest BCUT2D eigenvalue weighted by Gasteiger charge is 1.97. The molecular formula is C20H28O2. The summed E-state index contributed by atoms with van der Waals surface area (Å²) in [7, 11) is 0. The molecule has 0 aliphatic rings. The molecule has 0 saturated heterocycles. The molecule has 2 heteroatoms. The lowest BCUT2D eigenvalue weighted by Crippen LogP contribution is -1.92. The lowest BCUT2D eigenvalue weighted by Gasteiger charge is -2.03. The van der Waals surface area contributed by atoms with E-state index in [1.54, 1.807) is 24.3 Å². The highest BCUT2D eigenvalue weighted by atomic mass is 16.3. The Hall–Kier alpha value is -1.96. The quantitative estimate of drug-likeness (QED) is 0.816. The van der Waals surface area contributed by atoms with Crippen LogP contribution >= 0.6 is 0 Å².